The number of benzene rings is 2. The minimum atomic E-state index is -0.339. The van der Waals surface area contributed by atoms with Crippen LogP contribution >= 0.6 is 0 Å². The zero-order valence-corrected chi connectivity index (χ0v) is 19.7. The van der Waals surface area contributed by atoms with E-state index in [1.807, 2.05) is 75.4 Å². The maximum absolute atomic E-state index is 12.9. The summed E-state index contributed by atoms with van der Waals surface area (Å²) in [6.07, 6.45) is 1.52. The molecule has 31 heavy (non-hydrogen) atoms. The van der Waals surface area contributed by atoms with Crippen molar-refractivity contribution in [2.45, 2.75) is 71.7 Å². The number of nitrogens with one attached hydrogen (secondary N) is 2. The number of ether oxygens (including phenoxy) is 1. The van der Waals surface area contributed by atoms with Crippen molar-refractivity contribution < 1.29 is 9.53 Å². The maximum Gasteiger partial charge on any atom is 0.237 e. The van der Waals surface area contributed by atoms with Gasteiger partial charge in [0, 0.05) is 18.1 Å². The van der Waals surface area contributed by atoms with Crippen molar-refractivity contribution in [3.63, 3.8) is 0 Å². The molecule has 0 aromatic heterocycles. The largest absolute Gasteiger partial charge is 0.489 e. The van der Waals surface area contributed by atoms with Gasteiger partial charge in [0.25, 0.3) is 0 Å². The number of rotatable bonds is 11. The second-order valence-corrected chi connectivity index (χ2v) is 9.71. The molecule has 0 radical (unpaired) electrons. The Kier molecular flexibility index (Phi) is 9.53. The summed E-state index contributed by atoms with van der Waals surface area (Å²) in [6, 6.07) is 17.7. The van der Waals surface area contributed by atoms with E-state index in [0.29, 0.717) is 25.5 Å². The van der Waals surface area contributed by atoms with E-state index in [4.69, 9.17) is 10.5 Å². The molecule has 170 valence electrons. The molecule has 4 N–H and O–H groups in total. The van der Waals surface area contributed by atoms with Crippen LogP contribution in [0.15, 0.2) is 54.6 Å². The van der Waals surface area contributed by atoms with Crippen molar-refractivity contribution in [1.29, 1.82) is 0 Å². The Morgan fingerprint density at radius 2 is 1.65 bits per heavy atom. The molecule has 0 aliphatic heterocycles. The van der Waals surface area contributed by atoms with Crippen molar-refractivity contribution in [3.8, 4) is 5.75 Å². The summed E-state index contributed by atoms with van der Waals surface area (Å²) >= 11 is 0. The van der Waals surface area contributed by atoms with Gasteiger partial charge < -0.3 is 21.1 Å². The SMILES string of the molecule is CC(C)CC(N)CN[C@@H](Cc1ccc(OCc2ccccc2)cc1)C(=O)NC(C)(C)C. The van der Waals surface area contributed by atoms with Gasteiger partial charge in [-0.15, -0.1) is 0 Å². The van der Waals surface area contributed by atoms with Crippen LogP contribution in [-0.2, 0) is 17.8 Å². The predicted molar refractivity (Wildman–Crippen MR) is 128 cm³/mol. The topological polar surface area (TPSA) is 76.4 Å². The lowest BCUT2D eigenvalue weighted by molar-refractivity contribution is -0.124. The van der Waals surface area contributed by atoms with E-state index in [1.54, 1.807) is 0 Å². The van der Waals surface area contributed by atoms with Gasteiger partial charge in [-0.05, 0) is 62.8 Å². The minimum Gasteiger partial charge on any atom is -0.489 e. The van der Waals surface area contributed by atoms with Gasteiger partial charge in [0.15, 0.2) is 0 Å². The molecule has 1 unspecified atom stereocenters. The molecule has 2 aromatic carbocycles. The van der Waals surface area contributed by atoms with Gasteiger partial charge in [-0.2, -0.15) is 0 Å². The Morgan fingerprint density at radius 1 is 1.00 bits per heavy atom. The van der Waals surface area contributed by atoms with Crippen molar-refractivity contribution >= 4 is 5.91 Å². The Hall–Kier alpha value is -2.37. The summed E-state index contributed by atoms with van der Waals surface area (Å²) in [4.78, 5) is 12.9. The van der Waals surface area contributed by atoms with E-state index < -0.39 is 0 Å². The van der Waals surface area contributed by atoms with E-state index in [-0.39, 0.29) is 23.5 Å². The lowest BCUT2D eigenvalue weighted by Gasteiger charge is -2.27. The number of amides is 1. The third kappa shape index (κ3) is 9.99. The van der Waals surface area contributed by atoms with E-state index in [2.05, 4.69) is 24.5 Å². The van der Waals surface area contributed by atoms with Crippen molar-refractivity contribution in [2.24, 2.45) is 11.7 Å². The molecule has 0 aliphatic carbocycles. The zero-order valence-electron chi connectivity index (χ0n) is 19.7. The maximum atomic E-state index is 12.9. The number of hydrogen-bond acceptors (Lipinski definition) is 4. The molecule has 0 saturated heterocycles. The Balaban J connectivity index is 1.98. The van der Waals surface area contributed by atoms with Crippen LogP contribution in [0, 0.1) is 5.92 Å². The van der Waals surface area contributed by atoms with Gasteiger partial charge in [0.05, 0.1) is 6.04 Å². The van der Waals surface area contributed by atoms with Crippen LogP contribution in [0.2, 0.25) is 0 Å². The third-order valence-corrected chi connectivity index (χ3v) is 4.83. The summed E-state index contributed by atoms with van der Waals surface area (Å²) < 4.78 is 5.87. The fourth-order valence-corrected chi connectivity index (χ4v) is 3.40. The molecule has 1 amide bonds. The molecule has 2 atom stereocenters. The van der Waals surface area contributed by atoms with Crippen molar-refractivity contribution in [3.05, 3.63) is 65.7 Å². The first-order valence-electron chi connectivity index (χ1n) is 11.2. The smallest absolute Gasteiger partial charge is 0.237 e. The highest BCUT2D eigenvalue weighted by Gasteiger charge is 2.23. The Bertz CT molecular complexity index is 783. The number of carbonyl (C=O) groups excluding carboxylic acids is 1. The second kappa shape index (κ2) is 11.9. The van der Waals surface area contributed by atoms with E-state index in [0.717, 1.165) is 23.3 Å². The molecule has 0 saturated carbocycles. The molecular formula is C26H39N3O2. The monoisotopic (exact) mass is 425 g/mol. The molecule has 0 aliphatic rings. The average Bonchev–Trinajstić information content (AvgIpc) is 2.69. The highest BCUT2D eigenvalue weighted by atomic mass is 16.5. The Labute approximate surface area is 187 Å². The normalized spacial score (nSPS) is 13.6. The zero-order chi connectivity index (χ0) is 22.9. The third-order valence-electron chi connectivity index (χ3n) is 4.83. The summed E-state index contributed by atoms with van der Waals surface area (Å²) in [5.41, 5.74) is 8.16. The first-order chi connectivity index (χ1) is 14.6. The van der Waals surface area contributed by atoms with Gasteiger partial charge in [0.1, 0.15) is 12.4 Å². The molecule has 0 spiro atoms. The summed E-state index contributed by atoms with van der Waals surface area (Å²) in [7, 11) is 0. The predicted octanol–water partition coefficient (Wildman–Crippen LogP) is 4.05. The average molecular weight is 426 g/mol. The van der Waals surface area contributed by atoms with Gasteiger partial charge in [-0.3, -0.25) is 4.79 Å². The van der Waals surface area contributed by atoms with E-state index >= 15 is 0 Å². The fourth-order valence-electron chi connectivity index (χ4n) is 3.40. The van der Waals surface area contributed by atoms with Gasteiger partial charge in [0.2, 0.25) is 5.91 Å². The summed E-state index contributed by atoms with van der Waals surface area (Å²) in [5, 5.41) is 6.48. The first-order valence-corrected chi connectivity index (χ1v) is 11.2. The number of carbonyl (C=O) groups is 1. The van der Waals surface area contributed by atoms with Crippen LogP contribution < -0.4 is 21.1 Å². The van der Waals surface area contributed by atoms with Crippen LogP contribution in [-0.4, -0.2) is 30.1 Å². The first kappa shape index (κ1) is 24.9. The van der Waals surface area contributed by atoms with Gasteiger partial charge in [-0.25, -0.2) is 0 Å². The van der Waals surface area contributed by atoms with E-state index in [9.17, 15) is 4.79 Å². The number of hydrogen-bond donors (Lipinski definition) is 3. The molecule has 2 rings (SSSR count). The minimum absolute atomic E-state index is 0.00588. The standard InChI is InChI=1S/C26H39N3O2/c1-19(2)15-22(27)17-28-24(25(30)29-26(3,4)5)16-20-11-13-23(14-12-20)31-18-21-9-7-6-8-10-21/h6-14,19,22,24,28H,15-18,27H2,1-5H3,(H,29,30)/t22?,24-/m0/s1. The highest BCUT2D eigenvalue weighted by Crippen LogP contribution is 2.16. The molecule has 0 fully saturated rings. The molecular weight excluding hydrogens is 386 g/mol. The summed E-state index contributed by atoms with van der Waals surface area (Å²) in [6.45, 7) is 11.4. The lowest BCUT2D eigenvalue weighted by Crippen LogP contribution is -2.53. The van der Waals surface area contributed by atoms with E-state index in [1.165, 1.54) is 0 Å². The molecule has 2 aromatic rings. The van der Waals surface area contributed by atoms with Gasteiger partial charge in [-0.1, -0.05) is 56.3 Å². The summed E-state index contributed by atoms with van der Waals surface area (Å²) in [5.74, 6) is 1.34. The molecule has 5 heteroatoms. The highest BCUT2D eigenvalue weighted by molar-refractivity contribution is 5.82. The second-order valence-electron chi connectivity index (χ2n) is 9.71. The van der Waals surface area contributed by atoms with Crippen LogP contribution in [0.4, 0.5) is 0 Å². The molecule has 0 bridgehead atoms. The quantitative estimate of drug-likeness (QED) is 0.508. The lowest BCUT2D eigenvalue weighted by atomic mass is 10.0. The number of nitrogens with two attached hydrogens (primary N) is 1. The molecule has 0 heterocycles. The van der Waals surface area contributed by atoms with Gasteiger partial charge >= 0.3 is 0 Å². The van der Waals surface area contributed by atoms with Crippen LogP contribution in [0.5, 0.6) is 5.75 Å². The van der Waals surface area contributed by atoms with Crippen LogP contribution in [0.3, 0.4) is 0 Å². The van der Waals surface area contributed by atoms with Crippen molar-refractivity contribution in [1.82, 2.24) is 10.6 Å². The Morgan fingerprint density at radius 3 is 2.23 bits per heavy atom. The molecule has 5 nitrogen and oxygen atoms in total. The fraction of sp³-hybridized carbons (Fsp3) is 0.500. The van der Waals surface area contributed by atoms with Crippen molar-refractivity contribution in [2.75, 3.05) is 6.54 Å². The van der Waals surface area contributed by atoms with Crippen LogP contribution in [0.25, 0.3) is 0 Å². The van der Waals surface area contributed by atoms with Crippen LogP contribution in [0.1, 0.15) is 52.2 Å².